The number of ether oxygens (including phenoxy) is 2. The van der Waals surface area contributed by atoms with Gasteiger partial charge in [0, 0.05) is 11.1 Å². The largest absolute Gasteiger partial charge is 0.466 e. The van der Waals surface area contributed by atoms with Crippen molar-refractivity contribution in [1.82, 2.24) is 4.98 Å². The van der Waals surface area contributed by atoms with Crippen LogP contribution in [0.4, 0.5) is 0 Å². The molecule has 7 nitrogen and oxygen atoms in total. The number of nitriles is 1. The smallest absolute Gasteiger partial charge is 0.338 e. The lowest BCUT2D eigenvalue weighted by atomic mass is 9.83. The number of carbonyl (C=O) groups excluding carboxylic acids is 1. The van der Waals surface area contributed by atoms with Gasteiger partial charge in [0.05, 0.1) is 18.6 Å². The van der Waals surface area contributed by atoms with Gasteiger partial charge >= 0.3 is 5.97 Å². The molecule has 138 valence electrons. The van der Waals surface area contributed by atoms with Crippen molar-refractivity contribution >= 4 is 16.9 Å². The number of hydrogen-bond donors (Lipinski definition) is 2. The van der Waals surface area contributed by atoms with Crippen LogP contribution in [0.1, 0.15) is 30.9 Å². The average Bonchev–Trinajstić information content (AvgIpc) is 2.66. The molecule has 0 bridgehead atoms. The Morgan fingerprint density at radius 2 is 2.15 bits per heavy atom. The summed E-state index contributed by atoms with van der Waals surface area (Å²) >= 11 is 0. The number of aromatic nitrogens is 1. The molecule has 7 heteroatoms. The van der Waals surface area contributed by atoms with Crippen LogP contribution in [0.3, 0.4) is 0 Å². The van der Waals surface area contributed by atoms with E-state index in [0.717, 1.165) is 17.4 Å². The van der Waals surface area contributed by atoms with Crippen LogP contribution in [0, 0.1) is 11.3 Å². The molecule has 1 aliphatic rings. The highest BCUT2D eigenvalue weighted by atomic mass is 16.5. The van der Waals surface area contributed by atoms with Crippen molar-refractivity contribution in [3.63, 3.8) is 0 Å². The van der Waals surface area contributed by atoms with Crippen molar-refractivity contribution in [2.75, 3.05) is 7.11 Å². The molecular formula is C20H19N3O4. The van der Waals surface area contributed by atoms with Gasteiger partial charge in [-0.15, -0.1) is 0 Å². The first-order valence-electron chi connectivity index (χ1n) is 8.43. The molecule has 0 aliphatic carbocycles. The normalized spacial score (nSPS) is 16.9. The molecule has 0 unspecified atom stereocenters. The van der Waals surface area contributed by atoms with Gasteiger partial charge in [-0.1, -0.05) is 13.0 Å². The Labute approximate surface area is 155 Å². The van der Waals surface area contributed by atoms with E-state index in [1.165, 1.54) is 7.11 Å². The minimum Gasteiger partial charge on any atom is -0.466 e. The Morgan fingerprint density at radius 1 is 1.41 bits per heavy atom. The van der Waals surface area contributed by atoms with Gasteiger partial charge < -0.3 is 20.2 Å². The molecule has 2 heterocycles. The van der Waals surface area contributed by atoms with E-state index >= 15 is 0 Å². The predicted octanol–water partition coefficient (Wildman–Crippen LogP) is 2.35. The first kappa shape index (κ1) is 18.3. The van der Waals surface area contributed by atoms with Crippen molar-refractivity contribution in [3.8, 4) is 6.07 Å². The van der Waals surface area contributed by atoms with Gasteiger partial charge in [-0.3, -0.25) is 4.79 Å². The number of nitrogens with one attached hydrogen (secondary N) is 1. The van der Waals surface area contributed by atoms with E-state index in [1.54, 1.807) is 13.0 Å². The molecule has 0 radical (unpaired) electrons. The number of esters is 1. The maximum atomic E-state index is 12.8. The first-order valence-corrected chi connectivity index (χ1v) is 8.43. The van der Waals surface area contributed by atoms with Crippen LogP contribution >= 0.6 is 0 Å². The lowest BCUT2D eigenvalue weighted by Crippen LogP contribution is -2.28. The van der Waals surface area contributed by atoms with Gasteiger partial charge in [0.1, 0.15) is 17.4 Å². The average molecular weight is 365 g/mol. The summed E-state index contributed by atoms with van der Waals surface area (Å²) in [7, 11) is 1.23. The standard InChI is InChI=1S/C20H19N3O4/c1-4-11-5-6-15-12(7-11)8-13(19(24)23-15)17-14(9-21)18(22)27-10(2)16(17)20(25)26-3/h5-8,17H,4,22H2,1-3H3,(H,23,24)/t17-/m0/s1. The number of pyridine rings is 1. The van der Waals surface area contributed by atoms with Crippen LogP contribution < -0.4 is 11.3 Å². The van der Waals surface area contributed by atoms with E-state index in [4.69, 9.17) is 15.2 Å². The maximum absolute atomic E-state index is 12.8. The highest BCUT2D eigenvalue weighted by Crippen LogP contribution is 2.38. The van der Waals surface area contributed by atoms with Crippen LogP contribution in [0.15, 0.2) is 51.8 Å². The Balaban J connectivity index is 2.31. The van der Waals surface area contributed by atoms with Crippen LogP contribution in [-0.2, 0) is 20.7 Å². The number of nitrogens with two attached hydrogens (primary N) is 1. The van der Waals surface area contributed by atoms with Crippen molar-refractivity contribution in [2.45, 2.75) is 26.2 Å². The summed E-state index contributed by atoms with van der Waals surface area (Å²) in [5.74, 6) is -1.58. The summed E-state index contributed by atoms with van der Waals surface area (Å²) in [6, 6.07) is 9.38. The lowest BCUT2D eigenvalue weighted by Gasteiger charge is -2.26. The van der Waals surface area contributed by atoms with Crippen LogP contribution in [0.5, 0.6) is 0 Å². The number of rotatable bonds is 3. The Bertz CT molecular complexity index is 1100. The molecule has 1 aromatic heterocycles. The molecule has 27 heavy (non-hydrogen) atoms. The van der Waals surface area contributed by atoms with Crippen molar-refractivity contribution in [1.29, 1.82) is 5.26 Å². The second-order valence-corrected chi connectivity index (χ2v) is 6.22. The number of aryl methyl sites for hydroxylation is 1. The zero-order valence-electron chi connectivity index (χ0n) is 15.3. The van der Waals surface area contributed by atoms with E-state index in [0.29, 0.717) is 5.52 Å². The minimum atomic E-state index is -0.963. The summed E-state index contributed by atoms with van der Waals surface area (Å²) in [6.45, 7) is 3.58. The molecular weight excluding hydrogens is 346 g/mol. The van der Waals surface area contributed by atoms with Gasteiger partial charge in [-0.2, -0.15) is 5.26 Å². The third-order valence-electron chi connectivity index (χ3n) is 4.67. The molecule has 2 aromatic rings. The molecule has 0 spiro atoms. The number of allylic oxidation sites excluding steroid dienone is 2. The number of benzene rings is 1. The topological polar surface area (TPSA) is 118 Å². The fraction of sp³-hybridized carbons (Fsp3) is 0.250. The number of aromatic amines is 1. The molecule has 1 aliphatic heterocycles. The highest BCUT2D eigenvalue weighted by Gasteiger charge is 2.37. The summed E-state index contributed by atoms with van der Waals surface area (Å²) in [4.78, 5) is 27.9. The number of fused-ring (bicyclic) bond motifs is 1. The van der Waals surface area contributed by atoms with Gasteiger partial charge in [-0.25, -0.2) is 4.79 Å². The van der Waals surface area contributed by atoms with Crippen LogP contribution in [0.2, 0.25) is 0 Å². The second-order valence-electron chi connectivity index (χ2n) is 6.22. The van der Waals surface area contributed by atoms with E-state index in [9.17, 15) is 14.9 Å². The lowest BCUT2D eigenvalue weighted by molar-refractivity contribution is -0.136. The molecule has 0 saturated carbocycles. The molecule has 0 fully saturated rings. The Hall–Kier alpha value is -3.53. The quantitative estimate of drug-likeness (QED) is 0.806. The zero-order chi connectivity index (χ0) is 19.7. The summed E-state index contributed by atoms with van der Waals surface area (Å²) in [5, 5.41) is 10.4. The Kier molecular flexibility index (Phi) is 4.74. The van der Waals surface area contributed by atoms with Crippen molar-refractivity contribution in [2.24, 2.45) is 5.73 Å². The molecule has 1 aromatic carbocycles. The SMILES string of the molecule is CCc1ccc2[nH]c(=O)c([C@H]3C(C#N)=C(N)OC(C)=C3C(=O)OC)cc2c1. The van der Waals surface area contributed by atoms with E-state index in [2.05, 4.69) is 4.98 Å². The molecule has 1 atom stereocenters. The molecule has 0 saturated heterocycles. The minimum absolute atomic E-state index is 0.00232. The van der Waals surface area contributed by atoms with Gasteiger partial charge in [-0.05, 0) is 42.5 Å². The third-order valence-corrected chi connectivity index (χ3v) is 4.67. The number of nitrogens with zero attached hydrogens (tertiary/aromatic N) is 1. The van der Waals surface area contributed by atoms with Crippen LogP contribution in [0.25, 0.3) is 10.9 Å². The van der Waals surface area contributed by atoms with Crippen LogP contribution in [-0.4, -0.2) is 18.1 Å². The van der Waals surface area contributed by atoms with Crippen molar-refractivity contribution in [3.05, 3.63) is 68.5 Å². The molecule has 3 N–H and O–H groups in total. The zero-order valence-corrected chi connectivity index (χ0v) is 15.3. The molecule has 0 amide bonds. The van der Waals surface area contributed by atoms with E-state index < -0.39 is 17.4 Å². The van der Waals surface area contributed by atoms with Crippen molar-refractivity contribution < 1.29 is 14.3 Å². The van der Waals surface area contributed by atoms with Gasteiger partial charge in [0.2, 0.25) is 5.88 Å². The maximum Gasteiger partial charge on any atom is 0.338 e. The number of H-pyrrole nitrogens is 1. The predicted molar refractivity (Wildman–Crippen MR) is 99.3 cm³/mol. The number of methoxy groups -OCH3 is 1. The molecule has 3 rings (SSSR count). The van der Waals surface area contributed by atoms with E-state index in [1.807, 2.05) is 31.2 Å². The first-order chi connectivity index (χ1) is 12.9. The summed E-state index contributed by atoms with van der Waals surface area (Å²) < 4.78 is 10.2. The Morgan fingerprint density at radius 3 is 2.78 bits per heavy atom. The van der Waals surface area contributed by atoms with Gasteiger partial charge in [0.15, 0.2) is 0 Å². The number of carbonyl (C=O) groups is 1. The highest BCUT2D eigenvalue weighted by molar-refractivity contribution is 5.93. The third kappa shape index (κ3) is 3.06. The fourth-order valence-electron chi connectivity index (χ4n) is 3.27. The van der Waals surface area contributed by atoms with E-state index in [-0.39, 0.29) is 28.4 Å². The monoisotopic (exact) mass is 365 g/mol. The summed E-state index contributed by atoms with van der Waals surface area (Å²) in [6.07, 6.45) is 0.838. The fourth-order valence-corrected chi connectivity index (χ4v) is 3.27. The second kappa shape index (κ2) is 7.00. The summed E-state index contributed by atoms with van der Waals surface area (Å²) in [5.41, 5.74) is 7.53. The van der Waals surface area contributed by atoms with Gasteiger partial charge in [0.25, 0.3) is 5.56 Å². The number of hydrogen-bond acceptors (Lipinski definition) is 6.